The maximum Gasteiger partial charge on any atom is 0.251 e. The predicted octanol–water partition coefficient (Wildman–Crippen LogP) is 1.92. The highest BCUT2D eigenvalue weighted by Crippen LogP contribution is 2.19. The fourth-order valence-corrected chi connectivity index (χ4v) is 4.17. The third-order valence-electron chi connectivity index (χ3n) is 4.65. The lowest BCUT2D eigenvalue weighted by Gasteiger charge is -2.26. The summed E-state index contributed by atoms with van der Waals surface area (Å²) in [6.45, 7) is 2.42. The molecule has 1 aliphatic carbocycles. The third kappa shape index (κ3) is 4.50. The molecule has 0 spiro atoms. The average molecular weight is 376 g/mol. The van der Waals surface area contributed by atoms with E-state index in [9.17, 15) is 13.2 Å². The maximum atomic E-state index is 12.7. The Kier molecular flexibility index (Phi) is 5.73. The van der Waals surface area contributed by atoms with Gasteiger partial charge in [0.15, 0.2) is 0 Å². The van der Waals surface area contributed by atoms with Crippen LogP contribution in [0.4, 0.5) is 0 Å². The van der Waals surface area contributed by atoms with Crippen LogP contribution in [-0.2, 0) is 16.6 Å². The fourth-order valence-electron chi connectivity index (χ4n) is 2.81. The van der Waals surface area contributed by atoms with E-state index < -0.39 is 10.0 Å². The van der Waals surface area contributed by atoms with E-state index in [0.717, 1.165) is 19.3 Å². The van der Waals surface area contributed by atoms with E-state index in [0.29, 0.717) is 18.5 Å². The van der Waals surface area contributed by atoms with Gasteiger partial charge in [0.25, 0.3) is 5.91 Å². The molecule has 0 saturated heterocycles. The van der Waals surface area contributed by atoms with Crippen molar-refractivity contribution in [2.24, 2.45) is 0 Å². The summed E-state index contributed by atoms with van der Waals surface area (Å²) < 4.78 is 30.0. The van der Waals surface area contributed by atoms with Crippen LogP contribution in [0.3, 0.4) is 0 Å². The normalized spacial score (nSPS) is 16.0. The molecule has 1 atom stereocenters. The minimum atomic E-state index is -3.71. The number of amides is 1. The number of sulfonamides is 1. The van der Waals surface area contributed by atoms with Gasteiger partial charge in [-0.15, -0.1) is 0 Å². The molecule has 0 bridgehead atoms. The Morgan fingerprint density at radius 1 is 1.38 bits per heavy atom. The number of benzene rings is 1. The number of rotatable bonds is 8. The second-order valence-electron chi connectivity index (χ2n) is 6.62. The van der Waals surface area contributed by atoms with Crippen molar-refractivity contribution in [3.8, 4) is 0 Å². The lowest BCUT2D eigenvalue weighted by Crippen LogP contribution is -2.39. The lowest BCUT2D eigenvalue weighted by molar-refractivity contribution is 0.0916. The van der Waals surface area contributed by atoms with E-state index in [-0.39, 0.29) is 22.9 Å². The molecule has 26 heavy (non-hydrogen) atoms. The molecular weight excluding hydrogens is 352 g/mol. The first-order chi connectivity index (χ1) is 12.5. The molecule has 0 aliphatic heterocycles. The van der Waals surface area contributed by atoms with Crippen molar-refractivity contribution < 1.29 is 13.2 Å². The van der Waals surface area contributed by atoms with Gasteiger partial charge in [-0.3, -0.25) is 4.79 Å². The zero-order chi connectivity index (χ0) is 18.6. The van der Waals surface area contributed by atoms with Crippen LogP contribution in [0.25, 0.3) is 0 Å². The van der Waals surface area contributed by atoms with Crippen molar-refractivity contribution in [3.63, 3.8) is 0 Å². The van der Waals surface area contributed by atoms with Crippen LogP contribution >= 0.6 is 0 Å². The Morgan fingerprint density at radius 3 is 2.81 bits per heavy atom. The molecule has 2 aromatic rings. The molecule has 1 saturated carbocycles. The summed E-state index contributed by atoms with van der Waals surface area (Å²) in [4.78, 5) is 16.4. The largest absolute Gasteiger partial charge is 0.349 e. The number of hydrogen-bond acceptors (Lipinski definition) is 4. The molecule has 1 heterocycles. The highest BCUT2D eigenvalue weighted by molar-refractivity contribution is 7.89. The van der Waals surface area contributed by atoms with Crippen LogP contribution in [0, 0.1) is 0 Å². The monoisotopic (exact) mass is 376 g/mol. The summed E-state index contributed by atoms with van der Waals surface area (Å²) in [7, 11) is -3.71. The van der Waals surface area contributed by atoms with Gasteiger partial charge in [0, 0.05) is 36.6 Å². The Bertz CT molecular complexity index is 845. The minimum Gasteiger partial charge on any atom is -0.349 e. The molecule has 3 rings (SSSR count). The van der Waals surface area contributed by atoms with Crippen LogP contribution in [-0.4, -0.2) is 36.0 Å². The van der Waals surface area contributed by atoms with Crippen LogP contribution in [0.2, 0.25) is 0 Å². The van der Waals surface area contributed by atoms with Gasteiger partial charge >= 0.3 is 0 Å². The van der Waals surface area contributed by atoms with E-state index >= 15 is 0 Å². The Labute approximate surface area is 153 Å². The van der Waals surface area contributed by atoms with Crippen molar-refractivity contribution in [1.29, 1.82) is 0 Å². The summed E-state index contributed by atoms with van der Waals surface area (Å²) in [6.07, 6.45) is 8.84. The molecule has 140 valence electrons. The van der Waals surface area contributed by atoms with Gasteiger partial charge in [-0.25, -0.2) is 18.1 Å². The molecule has 1 aliphatic rings. The van der Waals surface area contributed by atoms with Gasteiger partial charge < -0.3 is 9.88 Å². The standard InChI is InChI=1S/C18H24N4O3S/c1-2-15(12-22-10-9-19-13-22)21-26(24,25)17-8-3-5-14(11-17)18(23)20-16-6-4-7-16/h3,5,8-11,13,15-16,21H,2,4,6-7,12H2,1H3,(H,20,23)/t15-/m1/s1. The Balaban J connectivity index is 1.71. The molecule has 7 nitrogen and oxygen atoms in total. The molecule has 1 aromatic carbocycles. The van der Waals surface area contributed by atoms with E-state index in [1.54, 1.807) is 30.9 Å². The maximum absolute atomic E-state index is 12.7. The van der Waals surface area contributed by atoms with Crippen molar-refractivity contribution in [1.82, 2.24) is 19.6 Å². The van der Waals surface area contributed by atoms with Gasteiger partial charge in [-0.05, 0) is 43.9 Å². The first-order valence-electron chi connectivity index (χ1n) is 8.87. The number of aromatic nitrogens is 2. The highest BCUT2D eigenvalue weighted by Gasteiger charge is 2.23. The number of hydrogen-bond donors (Lipinski definition) is 2. The topological polar surface area (TPSA) is 93.1 Å². The zero-order valence-corrected chi connectivity index (χ0v) is 15.6. The van der Waals surface area contributed by atoms with Crippen molar-refractivity contribution in [2.45, 2.75) is 56.1 Å². The zero-order valence-electron chi connectivity index (χ0n) is 14.8. The Morgan fingerprint density at radius 2 is 2.19 bits per heavy atom. The predicted molar refractivity (Wildman–Crippen MR) is 98.2 cm³/mol. The summed E-state index contributed by atoms with van der Waals surface area (Å²) >= 11 is 0. The quantitative estimate of drug-likeness (QED) is 0.736. The van der Waals surface area contributed by atoms with Crippen LogP contribution < -0.4 is 10.0 Å². The fraction of sp³-hybridized carbons (Fsp3) is 0.444. The smallest absolute Gasteiger partial charge is 0.251 e. The third-order valence-corrected chi connectivity index (χ3v) is 6.17. The number of nitrogens with one attached hydrogen (secondary N) is 2. The van der Waals surface area contributed by atoms with Crippen molar-refractivity contribution in [2.75, 3.05) is 0 Å². The van der Waals surface area contributed by atoms with E-state index in [2.05, 4.69) is 15.0 Å². The second kappa shape index (κ2) is 8.01. The summed E-state index contributed by atoms with van der Waals surface area (Å²) in [5.74, 6) is -0.225. The van der Waals surface area contributed by atoms with E-state index in [1.165, 1.54) is 12.1 Å². The van der Waals surface area contributed by atoms with Crippen molar-refractivity contribution in [3.05, 3.63) is 48.5 Å². The second-order valence-corrected chi connectivity index (χ2v) is 8.33. The summed E-state index contributed by atoms with van der Waals surface area (Å²) in [6, 6.07) is 6.12. The molecule has 1 amide bonds. The van der Waals surface area contributed by atoms with Gasteiger partial charge in [0.1, 0.15) is 0 Å². The number of nitrogens with zero attached hydrogens (tertiary/aromatic N) is 2. The molecule has 2 N–H and O–H groups in total. The Hall–Kier alpha value is -2.19. The van der Waals surface area contributed by atoms with Crippen molar-refractivity contribution >= 4 is 15.9 Å². The molecule has 0 radical (unpaired) electrons. The molecule has 0 unspecified atom stereocenters. The number of carbonyl (C=O) groups excluding carboxylic acids is 1. The van der Waals surface area contributed by atoms with Gasteiger partial charge in [-0.2, -0.15) is 0 Å². The SMILES string of the molecule is CC[C@H](Cn1ccnc1)NS(=O)(=O)c1cccc(C(=O)NC2CCC2)c1. The van der Waals surface area contributed by atoms with Crippen LogP contribution in [0.1, 0.15) is 43.0 Å². The average Bonchev–Trinajstić information content (AvgIpc) is 3.10. The number of imidazole rings is 1. The highest BCUT2D eigenvalue weighted by atomic mass is 32.2. The van der Waals surface area contributed by atoms with Gasteiger partial charge in [0.05, 0.1) is 11.2 Å². The molecular formula is C18H24N4O3S. The molecule has 8 heteroatoms. The first-order valence-corrected chi connectivity index (χ1v) is 10.4. The minimum absolute atomic E-state index is 0.0999. The summed E-state index contributed by atoms with van der Waals surface area (Å²) in [5.41, 5.74) is 0.363. The van der Waals surface area contributed by atoms with Crippen LogP contribution in [0.15, 0.2) is 47.9 Å². The van der Waals surface area contributed by atoms with E-state index in [1.807, 2.05) is 11.5 Å². The number of carbonyl (C=O) groups is 1. The first kappa shape index (κ1) is 18.6. The van der Waals surface area contributed by atoms with Gasteiger partial charge in [-0.1, -0.05) is 13.0 Å². The van der Waals surface area contributed by atoms with Crippen LogP contribution in [0.5, 0.6) is 0 Å². The molecule has 1 aromatic heterocycles. The summed E-state index contributed by atoms with van der Waals surface area (Å²) in [5, 5.41) is 2.93. The van der Waals surface area contributed by atoms with Gasteiger partial charge in [0.2, 0.25) is 10.0 Å². The van der Waals surface area contributed by atoms with E-state index in [4.69, 9.17) is 0 Å². The lowest BCUT2D eigenvalue weighted by atomic mass is 9.93. The molecule has 1 fully saturated rings.